The van der Waals surface area contributed by atoms with Crippen molar-refractivity contribution in [1.82, 2.24) is 0 Å². The summed E-state index contributed by atoms with van der Waals surface area (Å²) >= 11 is 0. The number of aliphatic carboxylic acids is 1. The summed E-state index contributed by atoms with van der Waals surface area (Å²) in [5.74, 6) is -0.716. The molecule has 2 heteroatoms. The summed E-state index contributed by atoms with van der Waals surface area (Å²) < 4.78 is 0. The number of carboxylic acid groups (broad SMARTS) is 1. The van der Waals surface area contributed by atoms with Crippen LogP contribution in [0.2, 0.25) is 0 Å². The van der Waals surface area contributed by atoms with E-state index in [1.54, 1.807) is 0 Å². The quantitative estimate of drug-likeness (QED) is 0.308. The highest BCUT2D eigenvalue weighted by atomic mass is 16.4. The van der Waals surface area contributed by atoms with Crippen LogP contribution >= 0.6 is 0 Å². The Bertz CT molecular complexity index is 256. The molecule has 0 bridgehead atoms. The number of hydrogen-bond donors (Lipinski definition) is 1. The maximum absolute atomic E-state index is 11.2. The molecule has 0 unspecified atom stereocenters. The molecular weight excluding hydrogens is 248 g/mol. The predicted octanol–water partition coefficient (Wildman–Crippen LogP) is 6.11. The van der Waals surface area contributed by atoms with E-state index < -0.39 is 5.97 Å². The van der Waals surface area contributed by atoms with Crippen LogP contribution in [0.1, 0.15) is 97.3 Å². The van der Waals surface area contributed by atoms with Crippen molar-refractivity contribution in [3.63, 3.8) is 0 Å². The van der Waals surface area contributed by atoms with Gasteiger partial charge in [-0.05, 0) is 25.7 Å². The molecule has 0 spiro atoms. The van der Waals surface area contributed by atoms with Gasteiger partial charge in [-0.25, -0.2) is 4.79 Å². The molecule has 0 radical (unpaired) electrons. The molecule has 0 heterocycles. The summed E-state index contributed by atoms with van der Waals surface area (Å²) in [6, 6.07) is 0. The molecule has 0 amide bonds. The van der Waals surface area contributed by atoms with Gasteiger partial charge in [0.25, 0.3) is 0 Å². The van der Waals surface area contributed by atoms with Crippen molar-refractivity contribution in [3.05, 3.63) is 11.6 Å². The Labute approximate surface area is 125 Å². The maximum Gasteiger partial charge on any atom is 0.331 e. The van der Waals surface area contributed by atoms with Gasteiger partial charge in [0.05, 0.1) is 0 Å². The minimum Gasteiger partial charge on any atom is -0.478 e. The second-order valence-corrected chi connectivity index (χ2v) is 5.76. The summed E-state index contributed by atoms with van der Waals surface area (Å²) in [6.45, 7) is 4.43. The number of rotatable bonds is 14. The van der Waals surface area contributed by atoms with Crippen LogP contribution in [-0.4, -0.2) is 11.1 Å². The lowest BCUT2D eigenvalue weighted by Crippen LogP contribution is -2.00. The number of allylic oxidation sites excluding steroid dienone is 1. The van der Waals surface area contributed by atoms with Crippen molar-refractivity contribution in [1.29, 1.82) is 0 Å². The minimum absolute atomic E-state index is 0.635. The molecule has 0 saturated heterocycles. The number of hydrogen-bond acceptors (Lipinski definition) is 1. The van der Waals surface area contributed by atoms with Gasteiger partial charge in [-0.15, -0.1) is 0 Å². The zero-order chi connectivity index (χ0) is 15.1. The summed E-state index contributed by atoms with van der Waals surface area (Å²) in [5, 5.41) is 9.19. The third kappa shape index (κ3) is 12.3. The molecule has 0 atom stereocenters. The SMILES string of the molecule is CCCCCCC/C=C(\CCCCCCCC)C(=O)O. The second kappa shape index (κ2) is 14.6. The zero-order valence-electron chi connectivity index (χ0n) is 13.6. The van der Waals surface area contributed by atoms with E-state index in [1.807, 2.05) is 6.08 Å². The summed E-state index contributed by atoms with van der Waals surface area (Å²) in [4.78, 5) is 11.2. The normalized spacial score (nSPS) is 11.8. The standard InChI is InChI=1S/C18H34O2/c1-3-5-7-9-11-13-15-17(18(19)20)16-14-12-10-8-6-4-2/h15H,3-14,16H2,1-2H3,(H,19,20)/b17-15+. The third-order valence-electron chi connectivity index (χ3n) is 3.77. The van der Waals surface area contributed by atoms with E-state index >= 15 is 0 Å². The van der Waals surface area contributed by atoms with Gasteiger partial charge >= 0.3 is 5.97 Å². The molecule has 0 aliphatic heterocycles. The first-order valence-corrected chi connectivity index (χ1v) is 8.64. The average molecular weight is 282 g/mol. The van der Waals surface area contributed by atoms with Gasteiger partial charge in [0.15, 0.2) is 0 Å². The van der Waals surface area contributed by atoms with Crippen molar-refractivity contribution < 1.29 is 9.90 Å². The lowest BCUT2D eigenvalue weighted by molar-refractivity contribution is -0.132. The highest BCUT2D eigenvalue weighted by molar-refractivity contribution is 5.86. The Hall–Kier alpha value is -0.790. The zero-order valence-corrected chi connectivity index (χ0v) is 13.6. The third-order valence-corrected chi connectivity index (χ3v) is 3.77. The largest absolute Gasteiger partial charge is 0.478 e. The Kier molecular flexibility index (Phi) is 14.0. The van der Waals surface area contributed by atoms with Crippen molar-refractivity contribution in [3.8, 4) is 0 Å². The van der Waals surface area contributed by atoms with Crippen LogP contribution in [0.25, 0.3) is 0 Å². The number of unbranched alkanes of at least 4 members (excludes halogenated alkanes) is 10. The first kappa shape index (κ1) is 19.2. The van der Waals surface area contributed by atoms with Gasteiger partial charge in [-0.1, -0.05) is 77.7 Å². The van der Waals surface area contributed by atoms with E-state index in [2.05, 4.69) is 13.8 Å². The molecule has 118 valence electrons. The smallest absolute Gasteiger partial charge is 0.331 e. The fourth-order valence-electron chi connectivity index (χ4n) is 2.42. The van der Waals surface area contributed by atoms with Gasteiger partial charge in [0.1, 0.15) is 0 Å². The Morgan fingerprint density at radius 3 is 1.85 bits per heavy atom. The molecular formula is C18H34O2. The topological polar surface area (TPSA) is 37.3 Å². The summed E-state index contributed by atoms with van der Waals surface area (Å²) in [5.41, 5.74) is 0.635. The van der Waals surface area contributed by atoms with Crippen LogP contribution in [0.5, 0.6) is 0 Å². The average Bonchev–Trinajstić information content (AvgIpc) is 2.43. The molecule has 2 nitrogen and oxygen atoms in total. The van der Waals surface area contributed by atoms with E-state index in [0.29, 0.717) is 5.57 Å². The highest BCUT2D eigenvalue weighted by Gasteiger charge is 2.06. The Morgan fingerprint density at radius 1 is 0.800 bits per heavy atom. The van der Waals surface area contributed by atoms with Crippen LogP contribution in [0.15, 0.2) is 11.6 Å². The molecule has 1 N–H and O–H groups in total. The predicted molar refractivity (Wildman–Crippen MR) is 87.1 cm³/mol. The monoisotopic (exact) mass is 282 g/mol. The molecule has 0 aromatic carbocycles. The van der Waals surface area contributed by atoms with Crippen molar-refractivity contribution in [2.75, 3.05) is 0 Å². The van der Waals surface area contributed by atoms with E-state index in [9.17, 15) is 9.90 Å². The fraction of sp³-hybridized carbons (Fsp3) is 0.833. The van der Waals surface area contributed by atoms with Crippen molar-refractivity contribution in [2.24, 2.45) is 0 Å². The van der Waals surface area contributed by atoms with Gasteiger partial charge in [0, 0.05) is 5.57 Å². The van der Waals surface area contributed by atoms with Crippen molar-refractivity contribution in [2.45, 2.75) is 97.3 Å². The lowest BCUT2D eigenvalue weighted by Gasteiger charge is -2.04. The highest BCUT2D eigenvalue weighted by Crippen LogP contribution is 2.14. The van der Waals surface area contributed by atoms with E-state index in [-0.39, 0.29) is 0 Å². The molecule has 0 saturated carbocycles. The van der Waals surface area contributed by atoms with Gasteiger partial charge in [0.2, 0.25) is 0 Å². The van der Waals surface area contributed by atoms with Crippen molar-refractivity contribution >= 4 is 5.97 Å². The minimum atomic E-state index is -0.716. The Morgan fingerprint density at radius 2 is 1.30 bits per heavy atom. The Balaban J connectivity index is 3.71. The fourth-order valence-corrected chi connectivity index (χ4v) is 2.42. The van der Waals surface area contributed by atoms with Crippen LogP contribution in [-0.2, 0) is 4.79 Å². The number of carboxylic acids is 1. The molecule has 0 aromatic rings. The van der Waals surface area contributed by atoms with Crippen LogP contribution < -0.4 is 0 Å². The van der Waals surface area contributed by atoms with Gasteiger partial charge in [-0.3, -0.25) is 0 Å². The van der Waals surface area contributed by atoms with Gasteiger partial charge < -0.3 is 5.11 Å². The molecule has 0 fully saturated rings. The van der Waals surface area contributed by atoms with E-state index in [4.69, 9.17) is 0 Å². The number of carbonyl (C=O) groups is 1. The second-order valence-electron chi connectivity index (χ2n) is 5.76. The maximum atomic E-state index is 11.2. The molecule has 0 aromatic heterocycles. The van der Waals surface area contributed by atoms with Crippen LogP contribution in [0.4, 0.5) is 0 Å². The molecule has 0 aliphatic carbocycles. The molecule has 0 aliphatic rings. The van der Waals surface area contributed by atoms with Crippen LogP contribution in [0.3, 0.4) is 0 Å². The lowest BCUT2D eigenvalue weighted by atomic mass is 10.0. The summed E-state index contributed by atoms with van der Waals surface area (Å²) in [6.07, 6.45) is 17.1. The molecule has 20 heavy (non-hydrogen) atoms. The first-order valence-electron chi connectivity index (χ1n) is 8.64. The van der Waals surface area contributed by atoms with Crippen LogP contribution in [0, 0.1) is 0 Å². The molecule has 0 rings (SSSR count). The van der Waals surface area contributed by atoms with E-state index in [1.165, 1.54) is 57.8 Å². The van der Waals surface area contributed by atoms with E-state index in [0.717, 1.165) is 25.7 Å². The van der Waals surface area contributed by atoms with Gasteiger partial charge in [-0.2, -0.15) is 0 Å². The first-order chi connectivity index (χ1) is 9.72. The summed E-state index contributed by atoms with van der Waals surface area (Å²) in [7, 11) is 0.